The van der Waals surface area contributed by atoms with Gasteiger partial charge in [-0.2, -0.15) is 0 Å². The zero-order valence-electron chi connectivity index (χ0n) is 12.8. The SMILES string of the molecule is CCCCCCCC[Si](=O)CCCCCCCC. The molecule has 2 heteroatoms. The van der Waals surface area contributed by atoms with Crippen molar-refractivity contribution in [1.29, 1.82) is 0 Å². The van der Waals surface area contributed by atoms with Crippen LogP contribution in [0.2, 0.25) is 12.1 Å². The summed E-state index contributed by atoms with van der Waals surface area (Å²) in [6, 6.07) is 2.04. The molecule has 108 valence electrons. The van der Waals surface area contributed by atoms with Crippen LogP contribution in [-0.2, 0) is 4.46 Å². The van der Waals surface area contributed by atoms with Gasteiger partial charge < -0.3 is 4.46 Å². The maximum atomic E-state index is 11.8. The van der Waals surface area contributed by atoms with Gasteiger partial charge in [0, 0.05) is 0 Å². The topological polar surface area (TPSA) is 17.1 Å². The summed E-state index contributed by atoms with van der Waals surface area (Å²) >= 11 is 0. The van der Waals surface area contributed by atoms with Gasteiger partial charge in [-0.05, 0) is 24.9 Å². The van der Waals surface area contributed by atoms with Gasteiger partial charge in [0.15, 0.2) is 0 Å². The maximum Gasteiger partial charge on any atom is 0.276 e. The molecule has 1 nitrogen and oxygen atoms in total. The minimum atomic E-state index is -1.22. The van der Waals surface area contributed by atoms with Crippen LogP contribution in [0.25, 0.3) is 0 Å². The van der Waals surface area contributed by atoms with E-state index in [2.05, 4.69) is 13.8 Å². The molecule has 0 N–H and O–H groups in total. The summed E-state index contributed by atoms with van der Waals surface area (Å²) in [5.74, 6) is 0. The van der Waals surface area contributed by atoms with E-state index in [4.69, 9.17) is 0 Å². The van der Waals surface area contributed by atoms with Crippen LogP contribution in [0.15, 0.2) is 0 Å². The van der Waals surface area contributed by atoms with Crippen LogP contribution < -0.4 is 0 Å². The molecule has 18 heavy (non-hydrogen) atoms. The van der Waals surface area contributed by atoms with E-state index in [0.29, 0.717) is 0 Å². The molecule has 0 aromatic heterocycles. The maximum absolute atomic E-state index is 11.8. The third-order valence-electron chi connectivity index (χ3n) is 3.62. The van der Waals surface area contributed by atoms with Gasteiger partial charge in [-0.15, -0.1) is 0 Å². The predicted molar refractivity (Wildman–Crippen MR) is 82.8 cm³/mol. The molecule has 0 bridgehead atoms. The number of rotatable bonds is 14. The van der Waals surface area contributed by atoms with Crippen molar-refractivity contribution in [2.75, 3.05) is 0 Å². The van der Waals surface area contributed by atoms with Crippen molar-refractivity contribution >= 4 is 8.68 Å². The third-order valence-corrected chi connectivity index (χ3v) is 5.44. The average molecular weight is 271 g/mol. The lowest BCUT2D eigenvalue weighted by Gasteiger charge is -2.01. The summed E-state index contributed by atoms with van der Waals surface area (Å²) in [4.78, 5) is 0. The van der Waals surface area contributed by atoms with Crippen molar-refractivity contribution in [2.24, 2.45) is 0 Å². The van der Waals surface area contributed by atoms with Crippen molar-refractivity contribution < 1.29 is 4.46 Å². The summed E-state index contributed by atoms with van der Waals surface area (Å²) in [6.45, 7) is 4.50. The molecule has 0 aliphatic carbocycles. The lowest BCUT2D eigenvalue weighted by Crippen LogP contribution is -1.98. The quantitative estimate of drug-likeness (QED) is 0.274. The molecule has 0 unspecified atom stereocenters. The van der Waals surface area contributed by atoms with Gasteiger partial charge in [-0.3, -0.25) is 0 Å². The molecule has 0 spiro atoms. The Bertz CT molecular complexity index is 162. The second-order valence-corrected chi connectivity index (χ2v) is 7.65. The Hall–Kier alpha value is 0.0169. The van der Waals surface area contributed by atoms with E-state index in [-0.39, 0.29) is 0 Å². The van der Waals surface area contributed by atoms with Crippen LogP contribution in [0.3, 0.4) is 0 Å². The second-order valence-electron chi connectivity index (χ2n) is 5.57. The van der Waals surface area contributed by atoms with E-state index in [0.717, 1.165) is 12.1 Å². The molecule has 0 atom stereocenters. The highest BCUT2D eigenvalue weighted by Crippen LogP contribution is 2.11. The van der Waals surface area contributed by atoms with E-state index >= 15 is 0 Å². The van der Waals surface area contributed by atoms with Crippen LogP contribution in [0.5, 0.6) is 0 Å². The lowest BCUT2D eigenvalue weighted by molar-refractivity contribution is 0.544. The molecule has 0 amide bonds. The normalized spacial score (nSPS) is 10.8. The Labute approximate surface area is 116 Å². The van der Waals surface area contributed by atoms with Crippen LogP contribution in [0.4, 0.5) is 0 Å². The smallest absolute Gasteiger partial charge is 0.276 e. The number of unbranched alkanes of at least 4 members (excludes halogenated alkanes) is 10. The summed E-state index contributed by atoms with van der Waals surface area (Å²) in [5.41, 5.74) is 0. The molecule has 0 aliphatic rings. The van der Waals surface area contributed by atoms with E-state index in [1.165, 1.54) is 77.0 Å². The van der Waals surface area contributed by atoms with E-state index in [9.17, 15) is 4.46 Å². The Morgan fingerprint density at radius 3 is 1.28 bits per heavy atom. The first kappa shape index (κ1) is 18.0. The molecular weight excluding hydrogens is 236 g/mol. The minimum Gasteiger partial charge on any atom is -0.388 e. The molecule has 0 saturated carbocycles. The van der Waals surface area contributed by atoms with Gasteiger partial charge in [0.05, 0.1) is 0 Å². The van der Waals surface area contributed by atoms with Gasteiger partial charge in [0.2, 0.25) is 0 Å². The predicted octanol–water partition coefficient (Wildman–Crippen LogP) is 6.13. The molecule has 0 fully saturated rings. The Morgan fingerprint density at radius 1 is 0.556 bits per heavy atom. The van der Waals surface area contributed by atoms with E-state index in [1.807, 2.05) is 0 Å². The molecule has 0 aliphatic heterocycles. The van der Waals surface area contributed by atoms with Gasteiger partial charge in [-0.25, -0.2) is 0 Å². The van der Waals surface area contributed by atoms with Gasteiger partial charge >= 0.3 is 0 Å². The summed E-state index contributed by atoms with van der Waals surface area (Å²) in [7, 11) is -1.22. The molecule has 0 heterocycles. The van der Waals surface area contributed by atoms with Crippen LogP contribution in [0, 0.1) is 0 Å². The summed E-state index contributed by atoms with van der Waals surface area (Å²) in [6.07, 6.45) is 15.8. The largest absolute Gasteiger partial charge is 0.388 e. The monoisotopic (exact) mass is 270 g/mol. The fraction of sp³-hybridized carbons (Fsp3) is 1.00. The highest BCUT2D eigenvalue weighted by Gasteiger charge is 2.04. The zero-order chi connectivity index (χ0) is 13.5. The van der Waals surface area contributed by atoms with Crippen molar-refractivity contribution in [1.82, 2.24) is 0 Å². The first-order chi connectivity index (χ1) is 8.81. The molecule has 0 aromatic carbocycles. The molecular formula is C16H34OSi. The molecule has 0 rings (SSSR count). The zero-order valence-corrected chi connectivity index (χ0v) is 13.8. The van der Waals surface area contributed by atoms with Gasteiger partial charge in [0.25, 0.3) is 8.68 Å². The highest BCUT2D eigenvalue weighted by molar-refractivity contribution is 6.42. The lowest BCUT2D eigenvalue weighted by atomic mass is 10.1. The fourth-order valence-electron chi connectivity index (χ4n) is 2.33. The highest BCUT2D eigenvalue weighted by atomic mass is 28.3. The third kappa shape index (κ3) is 14.1. The van der Waals surface area contributed by atoms with Crippen molar-refractivity contribution in [2.45, 2.75) is 103 Å². The Balaban J connectivity index is 3.12. The second kappa shape index (κ2) is 15.1. The Kier molecular flexibility index (Phi) is 15.1. The molecule has 0 radical (unpaired) electrons. The standard InChI is InChI=1S/C16H34OSi/c1-3-5-7-9-11-13-15-18(17)16-14-12-10-8-6-4-2/h3-16H2,1-2H3. The van der Waals surface area contributed by atoms with Gasteiger partial charge in [0.1, 0.15) is 0 Å². The van der Waals surface area contributed by atoms with E-state index < -0.39 is 8.68 Å². The van der Waals surface area contributed by atoms with Crippen LogP contribution >= 0.6 is 0 Å². The van der Waals surface area contributed by atoms with Crippen molar-refractivity contribution in [3.63, 3.8) is 0 Å². The summed E-state index contributed by atoms with van der Waals surface area (Å²) < 4.78 is 11.8. The number of hydrogen-bond acceptors (Lipinski definition) is 1. The van der Waals surface area contributed by atoms with Crippen molar-refractivity contribution in [3.8, 4) is 0 Å². The van der Waals surface area contributed by atoms with Crippen LogP contribution in [0.1, 0.15) is 90.9 Å². The fourth-order valence-corrected chi connectivity index (χ4v) is 3.87. The summed E-state index contributed by atoms with van der Waals surface area (Å²) in [5, 5.41) is 0. The Morgan fingerprint density at radius 2 is 0.889 bits per heavy atom. The first-order valence-corrected chi connectivity index (χ1v) is 10.1. The minimum absolute atomic E-state index is 1.02. The molecule has 0 saturated heterocycles. The van der Waals surface area contributed by atoms with Crippen molar-refractivity contribution in [3.05, 3.63) is 0 Å². The average Bonchev–Trinajstić information content (AvgIpc) is 2.38. The van der Waals surface area contributed by atoms with E-state index in [1.54, 1.807) is 0 Å². The first-order valence-electron chi connectivity index (χ1n) is 8.33. The molecule has 0 aromatic rings. The number of hydrogen-bond donors (Lipinski definition) is 0. The van der Waals surface area contributed by atoms with Crippen LogP contribution in [-0.4, -0.2) is 8.68 Å². The van der Waals surface area contributed by atoms with Gasteiger partial charge in [-0.1, -0.05) is 78.1 Å².